The van der Waals surface area contributed by atoms with Gasteiger partial charge in [-0.25, -0.2) is 0 Å². The highest BCUT2D eigenvalue weighted by Crippen LogP contribution is 2.29. The topological polar surface area (TPSA) is 73.5 Å². The van der Waals surface area contributed by atoms with E-state index in [0.29, 0.717) is 17.5 Å². The monoisotopic (exact) mass is 290 g/mol. The molecular weight excluding hydrogens is 272 g/mol. The normalized spacial score (nSPS) is 23.2. The first-order valence-electron chi connectivity index (χ1n) is 6.83. The third-order valence-corrected chi connectivity index (χ3v) is 3.41. The summed E-state index contributed by atoms with van der Waals surface area (Å²) in [5, 5.41) is 4.03. The van der Waals surface area contributed by atoms with Crippen molar-refractivity contribution in [3.05, 3.63) is 24.4 Å². The van der Waals surface area contributed by atoms with E-state index in [0.717, 1.165) is 18.7 Å². The van der Waals surface area contributed by atoms with Crippen LogP contribution in [0.15, 0.2) is 23.0 Å². The van der Waals surface area contributed by atoms with Crippen LogP contribution in [-0.2, 0) is 4.74 Å². The summed E-state index contributed by atoms with van der Waals surface area (Å²) >= 11 is 0. The van der Waals surface area contributed by atoms with Crippen molar-refractivity contribution in [2.24, 2.45) is 0 Å². The maximum atomic E-state index is 5.87. The van der Waals surface area contributed by atoms with Gasteiger partial charge in [-0.3, -0.25) is 4.98 Å². The molecule has 1 saturated heterocycles. The van der Waals surface area contributed by atoms with Gasteiger partial charge in [0.1, 0.15) is 11.9 Å². The zero-order chi connectivity index (χ0) is 14.8. The van der Waals surface area contributed by atoms with Crippen LogP contribution in [0, 0.1) is 0 Å². The van der Waals surface area contributed by atoms with Gasteiger partial charge in [0.25, 0.3) is 5.89 Å². The number of pyridine rings is 1. The van der Waals surface area contributed by atoms with E-state index < -0.39 is 0 Å². The fourth-order valence-corrected chi connectivity index (χ4v) is 2.50. The molecule has 2 aromatic heterocycles. The number of methoxy groups -OCH3 is 1. The van der Waals surface area contributed by atoms with E-state index in [-0.39, 0.29) is 12.2 Å². The molecule has 1 aliphatic rings. The molecule has 7 heteroatoms. The predicted octanol–water partition coefficient (Wildman–Crippen LogP) is 1.53. The SMILES string of the molecule is COc1cnccc1-c1noc([C@H]2CN(C)C[C@@H](C)O2)n1. The Bertz CT molecular complexity index is 606. The van der Waals surface area contributed by atoms with Crippen LogP contribution < -0.4 is 4.74 Å². The van der Waals surface area contributed by atoms with Crippen molar-refractivity contribution in [3.8, 4) is 17.1 Å². The number of morpholine rings is 1. The lowest BCUT2D eigenvalue weighted by Gasteiger charge is -2.32. The Kier molecular flexibility index (Phi) is 3.85. The molecule has 0 saturated carbocycles. The largest absolute Gasteiger partial charge is 0.494 e. The van der Waals surface area contributed by atoms with Crippen LogP contribution in [0.25, 0.3) is 11.4 Å². The van der Waals surface area contributed by atoms with E-state index >= 15 is 0 Å². The highest BCUT2D eigenvalue weighted by Gasteiger charge is 2.29. The first kappa shape index (κ1) is 14.0. The zero-order valence-corrected chi connectivity index (χ0v) is 12.3. The molecule has 0 radical (unpaired) electrons. The van der Waals surface area contributed by atoms with Gasteiger partial charge in [0.2, 0.25) is 5.82 Å². The van der Waals surface area contributed by atoms with Crippen LogP contribution >= 0.6 is 0 Å². The molecular formula is C14H18N4O3. The molecule has 112 valence electrons. The molecule has 21 heavy (non-hydrogen) atoms. The summed E-state index contributed by atoms with van der Waals surface area (Å²) in [4.78, 5) is 10.7. The highest BCUT2D eigenvalue weighted by atomic mass is 16.5. The van der Waals surface area contributed by atoms with Gasteiger partial charge in [0.15, 0.2) is 0 Å². The average Bonchev–Trinajstić information content (AvgIpc) is 2.96. The molecule has 1 aliphatic heterocycles. The van der Waals surface area contributed by atoms with Crippen molar-refractivity contribution in [2.45, 2.75) is 19.1 Å². The second-order valence-corrected chi connectivity index (χ2v) is 5.19. The summed E-state index contributed by atoms with van der Waals surface area (Å²) in [5.74, 6) is 1.58. The molecule has 2 aromatic rings. The first-order valence-corrected chi connectivity index (χ1v) is 6.83. The van der Waals surface area contributed by atoms with Crippen molar-refractivity contribution >= 4 is 0 Å². The van der Waals surface area contributed by atoms with E-state index in [9.17, 15) is 0 Å². The number of aromatic nitrogens is 3. The van der Waals surface area contributed by atoms with Gasteiger partial charge in [-0.2, -0.15) is 4.98 Å². The van der Waals surface area contributed by atoms with Crippen molar-refractivity contribution in [3.63, 3.8) is 0 Å². The molecule has 0 aliphatic carbocycles. The van der Waals surface area contributed by atoms with Crippen LogP contribution in [0.4, 0.5) is 0 Å². The van der Waals surface area contributed by atoms with Crippen LogP contribution in [0.1, 0.15) is 18.9 Å². The molecule has 7 nitrogen and oxygen atoms in total. The molecule has 0 N–H and O–H groups in total. The van der Waals surface area contributed by atoms with Crippen LogP contribution in [-0.4, -0.2) is 53.4 Å². The molecule has 0 bridgehead atoms. The number of likely N-dealkylation sites (N-methyl/N-ethyl adjacent to an activating group) is 1. The average molecular weight is 290 g/mol. The summed E-state index contributed by atoms with van der Waals surface area (Å²) in [5.41, 5.74) is 0.750. The second kappa shape index (κ2) is 5.79. The predicted molar refractivity (Wildman–Crippen MR) is 74.9 cm³/mol. The van der Waals surface area contributed by atoms with E-state index in [4.69, 9.17) is 14.0 Å². The van der Waals surface area contributed by atoms with Crippen molar-refractivity contribution in [1.82, 2.24) is 20.0 Å². The molecule has 1 fully saturated rings. The number of rotatable bonds is 3. The summed E-state index contributed by atoms with van der Waals surface area (Å²) in [6.07, 6.45) is 3.23. The molecule has 0 aromatic carbocycles. The summed E-state index contributed by atoms with van der Waals surface area (Å²) in [7, 11) is 3.64. The van der Waals surface area contributed by atoms with Gasteiger partial charge in [0, 0.05) is 19.3 Å². The first-order chi connectivity index (χ1) is 10.2. The Morgan fingerprint density at radius 2 is 2.24 bits per heavy atom. The minimum absolute atomic E-state index is 0.138. The molecule has 3 heterocycles. The van der Waals surface area contributed by atoms with Gasteiger partial charge in [-0.1, -0.05) is 5.16 Å². The lowest BCUT2D eigenvalue weighted by atomic mass is 10.2. The smallest absolute Gasteiger partial charge is 0.257 e. The van der Waals surface area contributed by atoms with Gasteiger partial charge >= 0.3 is 0 Å². The van der Waals surface area contributed by atoms with E-state index in [1.165, 1.54) is 0 Å². The number of ether oxygens (including phenoxy) is 2. The Morgan fingerprint density at radius 3 is 3.00 bits per heavy atom. The zero-order valence-electron chi connectivity index (χ0n) is 12.3. The lowest BCUT2D eigenvalue weighted by molar-refractivity contribution is -0.0838. The standard InChI is InChI=1S/C14H18N4O3/c1-9-7-18(2)8-12(20-9)14-16-13(17-21-14)10-4-5-15-6-11(10)19-3/h4-6,9,12H,7-8H2,1-3H3/t9-,12-/m1/s1. The van der Waals surface area contributed by atoms with E-state index in [1.54, 1.807) is 25.6 Å². The molecule has 3 rings (SSSR count). The molecule has 0 unspecified atom stereocenters. The fourth-order valence-electron chi connectivity index (χ4n) is 2.50. The van der Waals surface area contributed by atoms with Crippen LogP contribution in [0.2, 0.25) is 0 Å². The van der Waals surface area contributed by atoms with Gasteiger partial charge in [0.05, 0.1) is 25.0 Å². The van der Waals surface area contributed by atoms with Crippen molar-refractivity contribution in [1.29, 1.82) is 0 Å². The van der Waals surface area contributed by atoms with Crippen molar-refractivity contribution in [2.75, 3.05) is 27.2 Å². The molecule has 2 atom stereocenters. The lowest BCUT2D eigenvalue weighted by Crippen LogP contribution is -2.40. The quantitative estimate of drug-likeness (QED) is 0.848. The maximum Gasteiger partial charge on any atom is 0.257 e. The van der Waals surface area contributed by atoms with Crippen molar-refractivity contribution < 1.29 is 14.0 Å². The van der Waals surface area contributed by atoms with Crippen LogP contribution in [0.3, 0.4) is 0 Å². The number of hydrogen-bond donors (Lipinski definition) is 0. The summed E-state index contributed by atoms with van der Waals surface area (Å²) in [6.45, 7) is 3.67. The van der Waals surface area contributed by atoms with Crippen LogP contribution in [0.5, 0.6) is 5.75 Å². The van der Waals surface area contributed by atoms with E-state index in [2.05, 4.69) is 27.1 Å². The summed E-state index contributed by atoms with van der Waals surface area (Å²) in [6, 6.07) is 1.80. The Morgan fingerprint density at radius 1 is 1.38 bits per heavy atom. The van der Waals surface area contributed by atoms with Gasteiger partial charge in [-0.05, 0) is 20.0 Å². The minimum atomic E-state index is -0.201. The Hall–Kier alpha value is -1.99. The summed E-state index contributed by atoms with van der Waals surface area (Å²) < 4.78 is 16.5. The minimum Gasteiger partial charge on any atom is -0.494 e. The highest BCUT2D eigenvalue weighted by molar-refractivity contribution is 5.62. The Labute approximate surface area is 122 Å². The second-order valence-electron chi connectivity index (χ2n) is 5.19. The third-order valence-electron chi connectivity index (χ3n) is 3.41. The Balaban J connectivity index is 1.86. The number of nitrogens with zero attached hydrogens (tertiary/aromatic N) is 4. The number of hydrogen-bond acceptors (Lipinski definition) is 7. The molecule has 0 amide bonds. The molecule has 0 spiro atoms. The van der Waals surface area contributed by atoms with Gasteiger partial charge < -0.3 is 18.9 Å². The fraction of sp³-hybridized carbons (Fsp3) is 0.500. The van der Waals surface area contributed by atoms with Gasteiger partial charge in [-0.15, -0.1) is 0 Å². The maximum absolute atomic E-state index is 5.87. The van der Waals surface area contributed by atoms with E-state index in [1.807, 2.05) is 6.92 Å². The third kappa shape index (κ3) is 2.88.